The summed E-state index contributed by atoms with van der Waals surface area (Å²) in [6.07, 6.45) is 8.03. The number of benzene rings is 2. The van der Waals surface area contributed by atoms with E-state index in [1.165, 1.54) is 6.42 Å². The summed E-state index contributed by atoms with van der Waals surface area (Å²) in [5, 5.41) is 6.27. The SMILES string of the molecule is CCOc1ccc(NC(=O)C2C3C=CC4(O3)C2C(=O)N(CCc2ccccc2)C4C(=O)NC2CCCCC2C)cc1. The molecule has 216 valence electrons. The van der Waals surface area contributed by atoms with E-state index < -0.39 is 29.6 Å². The third kappa shape index (κ3) is 5.03. The number of amides is 3. The van der Waals surface area contributed by atoms with Crippen LogP contribution in [0.25, 0.3) is 0 Å². The third-order valence-corrected chi connectivity index (χ3v) is 9.28. The predicted molar refractivity (Wildman–Crippen MR) is 155 cm³/mol. The van der Waals surface area contributed by atoms with Crippen LogP contribution in [0.4, 0.5) is 5.69 Å². The lowest BCUT2D eigenvalue weighted by atomic mass is 9.74. The van der Waals surface area contributed by atoms with Gasteiger partial charge in [-0.2, -0.15) is 0 Å². The number of fused-ring (bicyclic) bond motifs is 1. The second-order valence-electron chi connectivity index (χ2n) is 11.8. The van der Waals surface area contributed by atoms with Crippen LogP contribution >= 0.6 is 0 Å². The van der Waals surface area contributed by atoms with Crippen molar-refractivity contribution in [2.45, 2.75) is 69.7 Å². The maximum absolute atomic E-state index is 14.2. The van der Waals surface area contributed by atoms with Crippen LogP contribution in [-0.2, 0) is 25.5 Å². The summed E-state index contributed by atoms with van der Waals surface area (Å²) in [6, 6.07) is 16.4. The number of hydrogen-bond donors (Lipinski definition) is 2. The summed E-state index contributed by atoms with van der Waals surface area (Å²) >= 11 is 0. The molecule has 0 aromatic heterocycles. The number of hydrogen-bond acceptors (Lipinski definition) is 5. The Bertz CT molecular complexity index is 1310. The van der Waals surface area contributed by atoms with E-state index in [-0.39, 0.29) is 23.8 Å². The van der Waals surface area contributed by atoms with Gasteiger partial charge in [0.25, 0.3) is 0 Å². The van der Waals surface area contributed by atoms with Gasteiger partial charge in [-0.1, -0.05) is 62.2 Å². The summed E-state index contributed by atoms with van der Waals surface area (Å²) in [4.78, 5) is 43.6. The molecule has 0 radical (unpaired) electrons. The van der Waals surface area contributed by atoms with E-state index in [0.717, 1.165) is 30.6 Å². The highest BCUT2D eigenvalue weighted by molar-refractivity contribution is 6.02. The van der Waals surface area contributed by atoms with Crippen molar-refractivity contribution in [1.82, 2.24) is 10.2 Å². The van der Waals surface area contributed by atoms with Crippen LogP contribution in [0, 0.1) is 17.8 Å². The van der Waals surface area contributed by atoms with Crippen molar-refractivity contribution in [2.24, 2.45) is 17.8 Å². The van der Waals surface area contributed by atoms with E-state index in [1.54, 1.807) is 29.2 Å². The third-order valence-electron chi connectivity index (χ3n) is 9.28. The molecule has 2 aromatic carbocycles. The Hall–Kier alpha value is -3.65. The molecule has 7 atom stereocenters. The van der Waals surface area contributed by atoms with Crippen molar-refractivity contribution in [3.05, 3.63) is 72.3 Å². The average molecular weight is 558 g/mol. The number of likely N-dealkylation sites (tertiary alicyclic amines) is 1. The first kappa shape index (κ1) is 27.5. The van der Waals surface area contributed by atoms with Gasteiger partial charge in [0.1, 0.15) is 17.4 Å². The smallest absolute Gasteiger partial charge is 0.246 e. The molecular formula is C33H39N3O5. The topological polar surface area (TPSA) is 97.0 Å². The van der Waals surface area contributed by atoms with Crippen LogP contribution in [0.5, 0.6) is 5.75 Å². The number of rotatable bonds is 9. The van der Waals surface area contributed by atoms with Gasteiger partial charge >= 0.3 is 0 Å². The molecule has 2 saturated heterocycles. The van der Waals surface area contributed by atoms with Crippen molar-refractivity contribution in [3.63, 3.8) is 0 Å². The summed E-state index contributed by atoms with van der Waals surface area (Å²) in [7, 11) is 0. The van der Waals surface area contributed by atoms with Gasteiger partial charge in [-0.15, -0.1) is 0 Å². The molecule has 8 heteroatoms. The zero-order valence-corrected chi connectivity index (χ0v) is 23.8. The minimum absolute atomic E-state index is 0.0686. The summed E-state index contributed by atoms with van der Waals surface area (Å²) in [5.41, 5.74) is 0.535. The van der Waals surface area contributed by atoms with E-state index in [4.69, 9.17) is 9.47 Å². The molecule has 2 N–H and O–H groups in total. The van der Waals surface area contributed by atoms with Crippen LogP contribution in [0.3, 0.4) is 0 Å². The zero-order chi connectivity index (χ0) is 28.6. The molecule has 2 aromatic rings. The Morgan fingerprint density at radius 1 is 1.05 bits per heavy atom. The lowest BCUT2D eigenvalue weighted by Crippen LogP contribution is -2.57. The van der Waals surface area contributed by atoms with E-state index >= 15 is 0 Å². The number of nitrogens with zero attached hydrogens (tertiary/aromatic N) is 1. The average Bonchev–Trinajstić information content (AvgIpc) is 3.62. The van der Waals surface area contributed by atoms with Gasteiger partial charge in [0, 0.05) is 18.3 Å². The van der Waals surface area contributed by atoms with E-state index in [1.807, 2.05) is 49.4 Å². The van der Waals surface area contributed by atoms with Crippen molar-refractivity contribution >= 4 is 23.4 Å². The van der Waals surface area contributed by atoms with Crippen molar-refractivity contribution < 1.29 is 23.9 Å². The quantitative estimate of drug-likeness (QED) is 0.453. The fourth-order valence-corrected chi connectivity index (χ4v) is 7.22. The molecule has 4 aliphatic rings. The molecule has 41 heavy (non-hydrogen) atoms. The Kier molecular flexibility index (Phi) is 7.60. The summed E-state index contributed by atoms with van der Waals surface area (Å²) < 4.78 is 12.0. The highest BCUT2D eigenvalue weighted by Crippen LogP contribution is 2.55. The first-order chi connectivity index (χ1) is 19.9. The Morgan fingerprint density at radius 2 is 1.80 bits per heavy atom. The van der Waals surface area contributed by atoms with Gasteiger partial charge in [-0.3, -0.25) is 14.4 Å². The molecule has 8 nitrogen and oxygen atoms in total. The number of carbonyl (C=O) groups is 3. The van der Waals surface area contributed by atoms with Gasteiger partial charge in [-0.25, -0.2) is 0 Å². The minimum atomic E-state index is -1.17. The second kappa shape index (κ2) is 11.3. The van der Waals surface area contributed by atoms with Crippen LogP contribution in [0.1, 0.15) is 45.1 Å². The van der Waals surface area contributed by atoms with Crippen molar-refractivity contribution in [2.75, 3.05) is 18.5 Å². The number of carbonyl (C=O) groups excluding carboxylic acids is 3. The first-order valence-corrected chi connectivity index (χ1v) is 15.0. The molecule has 3 amide bonds. The highest BCUT2D eigenvalue weighted by atomic mass is 16.5. The summed E-state index contributed by atoms with van der Waals surface area (Å²) in [5.74, 6) is -1.08. The van der Waals surface area contributed by atoms with E-state index in [0.29, 0.717) is 31.2 Å². The standard InChI is InChI=1S/C33H39N3O5/c1-3-40-24-15-13-23(14-16-24)34-30(37)27-26-17-19-33(41-26)28(27)32(39)36(20-18-22-10-5-4-6-11-22)29(33)31(38)35-25-12-8-7-9-21(25)2/h4-6,10-11,13-17,19,21,25-29H,3,7-9,12,18,20H2,1-2H3,(H,34,37)(H,35,38). The maximum atomic E-state index is 14.2. The second-order valence-corrected chi connectivity index (χ2v) is 11.8. The molecule has 2 bridgehead atoms. The van der Waals surface area contributed by atoms with E-state index in [9.17, 15) is 14.4 Å². The van der Waals surface area contributed by atoms with Crippen LogP contribution in [0.2, 0.25) is 0 Å². The molecule has 3 fully saturated rings. The summed E-state index contributed by atoms with van der Waals surface area (Å²) in [6.45, 7) is 5.02. The lowest BCUT2D eigenvalue weighted by molar-refractivity contribution is -0.141. The minimum Gasteiger partial charge on any atom is -0.494 e. The van der Waals surface area contributed by atoms with Gasteiger partial charge in [0.2, 0.25) is 17.7 Å². The van der Waals surface area contributed by atoms with Crippen LogP contribution in [0.15, 0.2) is 66.7 Å². The van der Waals surface area contributed by atoms with E-state index in [2.05, 4.69) is 17.6 Å². The molecule has 7 unspecified atom stereocenters. The zero-order valence-electron chi connectivity index (χ0n) is 23.8. The molecule has 1 saturated carbocycles. The predicted octanol–water partition coefficient (Wildman–Crippen LogP) is 4.11. The van der Waals surface area contributed by atoms with Gasteiger partial charge < -0.3 is 25.0 Å². The van der Waals surface area contributed by atoms with Gasteiger partial charge in [0.05, 0.1) is 24.5 Å². The van der Waals surface area contributed by atoms with Crippen molar-refractivity contribution in [3.8, 4) is 5.75 Å². The fourth-order valence-electron chi connectivity index (χ4n) is 7.22. The Balaban J connectivity index is 1.27. The molecule has 6 rings (SSSR count). The van der Waals surface area contributed by atoms with Crippen molar-refractivity contribution in [1.29, 1.82) is 0 Å². The number of ether oxygens (including phenoxy) is 2. The molecule has 3 aliphatic heterocycles. The van der Waals surface area contributed by atoms with Gasteiger partial charge in [-0.05, 0) is 61.9 Å². The largest absolute Gasteiger partial charge is 0.494 e. The van der Waals surface area contributed by atoms with Crippen LogP contribution < -0.4 is 15.4 Å². The Morgan fingerprint density at radius 3 is 2.54 bits per heavy atom. The molecule has 3 heterocycles. The van der Waals surface area contributed by atoms with Crippen LogP contribution in [-0.4, -0.2) is 59.6 Å². The fraction of sp³-hybridized carbons (Fsp3) is 0.485. The lowest BCUT2D eigenvalue weighted by Gasteiger charge is -2.36. The first-order valence-electron chi connectivity index (χ1n) is 15.0. The molecule has 1 spiro atoms. The maximum Gasteiger partial charge on any atom is 0.246 e. The Labute approximate surface area is 241 Å². The molecular weight excluding hydrogens is 518 g/mol. The van der Waals surface area contributed by atoms with Gasteiger partial charge in [0.15, 0.2) is 0 Å². The normalized spacial score (nSPS) is 31.7. The molecule has 1 aliphatic carbocycles. The number of anilines is 1. The highest BCUT2D eigenvalue weighted by Gasteiger charge is 2.72. The monoisotopic (exact) mass is 557 g/mol. The number of nitrogens with one attached hydrogen (secondary N) is 2.